The second-order valence-electron chi connectivity index (χ2n) is 6.46. The van der Waals surface area contributed by atoms with E-state index in [4.69, 9.17) is 0 Å². The van der Waals surface area contributed by atoms with Gasteiger partial charge in [-0.1, -0.05) is 20.8 Å². The summed E-state index contributed by atoms with van der Waals surface area (Å²) >= 11 is 0. The van der Waals surface area contributed by atoms with Crippen LogP contribution in [0, 0.1) is 5.41 Å². The van der Waals surface area contributed by atoms with Crippen LogP contribution in [-0.2, 0) is 6.54 Å². The zero-order valence-corrected chi connectivity index (χ0v) is 12.0. The second kappa shape index (κ2) is 5.37. The molecule has 2 atom stereocenters. The SMILES string of the molecule is CC1CNC(C(C)(C)C)CN1Cc1ccncc1. The summed E-state index contributed by atoms with van der Waals surface area (Å²) in [6.07, 6.45) is 3.76. The number of hydrogen-bond acceptors (Lipinski definition) is 3. The van der Waals surface area contributed by atoms with Crippen molar-refractivity contribution in [3.8, 4) is 0 Å². The molecule has 0 bridgehead atoms. The number of piperazine rings is 1. The Labute approximate surface area is 111 Å². The van der Waals surface area contributed by atoms with Gasteiger partial charge < -0.3 is 5.32 Å². The Morgan fingerprint density at radius 1 is 1.33 bits per heavy atom. The first-order valence-corrected chi connectivity index (χ1v) is 6.83. The van der Waals surface area contributed by atoms with Crippen LogP contribution < -0.4 is 5.32 Å². The molecule has 1 N–H and O–H groups in total. The van der Waals surface area contributed by atoms with Crippen molar-refractivity contribution in [3.63, 3.8) is 0 Å². The Morgan fingerprint density at radius 2 is 2.00 bits per heavy atom. The number of nitrogens with one attached hydrogen (secondary N) is 1. The van der Waals surface area contributed by atoms with Gasteiger partial charge in [0.2, 0.25) is 0 Å². The van der Waals surface area contributed by atoms with E-state index in [1.54, 1.807) is 0 Å². The molecule has 100 valence electrons. The van der Waals surface area contributed by atoms with Gasteiger partial charge in [0.25, 0.3) is 0 Å². The Balaban J connectivity index is 2.02. The molecule has 3 heteroatoms. The van der Waals surface area contributed by atoms with Crippen LogP contribution in [-0.4, -0.2) is 35.1 Å². The molecule has 2 unspecified atom stereocenters. The van der Waals surface area contributed by atoms with E-state index in [0.717, 1.165) is 19.6 Å². The lowest BCUT2D eigenvalue weighted by Crippen LogP contribution is -2.59. The molecule has 1 aromatic rings. The highest BCUT2D eigenvalue weighted by atomic mass is 15.2. The first kappa shape index (κ1) is 13.5. The third-order valence-electron chi connectivity index (χ3n) is 3.88. The maximum absolute atomic E-state index is 4.08. The second-order valence-corrected chi connectivity index (χ2v) is 6.46. The third-order valence-corrected chi connectivity index (χ3v) is 3.88. The molecule has 1 aromatic heterocycles. The van der Waals surface area contributed by atoms with Crippen molar-refractivity contribution < 1.29 is 0 Å². The number of nitrogens with zero attached hydrogens (tertiary/aromatic N) is 2. The van der Waals surface area contributed by atoms with Gasteiger partial charge in [0.1, 0.15) is 0 Å². The van der Waals surface area contributed by atoms with Crippen LogP contribution in [0.1, 0.15) is 33.3 Å². The maximum atomic E-state index is 4.08. The van der Waals surface area contributed by atoms with Gasteiger partial charge in [0.15, 0.2) is 0 Å². The topological polar surface area (TPSA) is 28.2 Å². The Kier molecular flexibility index (Phi) is 4.03. The van der Waals surface area contributed by atoms with Crippen molar-refractivity contribution in [3.05, 3.63) is 30.1 Å². The van der Waals surface area contributed by atoms with Gasteiger partial charge in [-0.2, -0.15) is 0 Å². The third kappa shape index (κ3) is 3.30. The average molecular weight is 247 g/mol. The van der Waals surface area contributed by atoms with E-state index < -0.39 is 0 Å². The minimum atomic E-state index is 0.316. The molecule has 0 aromatic carbocycles. The standard InChI is InChI=1S/C15H25N3/c1-12-9-17-14(15(2,3)4)11-18(12)10-13-5-7-16-8-6-13/h5-8,12,14,17H,9-11H2,1-4H3. The Hall–Kier alpha value is -0.930. The van der Waals surface area contributed by atoms with Crippen molar-refractivity contribution in [2.75, 3.05) is 13.1 Å². The smallest absolute Gasteiger partial charge is 0.0271 e. The zero-order chi connectivity index (χ0) is 13.2. The minimum Gasteiger partial charge on any atom is -0.311 e. The molecule has 0 amide bonds. The summed E-state index contributed by atoms with van der Waals surface area (Å²) in [7, 11) is 0. The summed E-state index contributed by atoms with van der Waals surface area (Å²) in [4.78, 5) is 6.65. The van der Waals surface area contributed by atoms with E-state index in [1.165, 1.54) is 5.56 Å². The summed E-state index contributed by atoms with van der Waals surface area (Å²) < 4.78 is 0. The Morgan fingerprint density at radius 3 is 2.61 bits per heavy atom. The van der Waals surface area contributed by atoms with Gasteiger partial charge in [-0.05, 0) is 30.0 Å². The van der Waals surface area contributed by atoms with Crippen LogP contribution in [0.5, 0.6) is 0 Å². The van der Waals surface area contributed by atoms with E-state index in [-0.39, 0.29) is 0 Å². The van der Waals surface area contributed by atoms with Gasteiger partial charge in [0.05, 0.1) is 0 Å². The van der Waals surface area contributed by atoms with Crippen LogP contribution in [0.15, 0.2) is 24.5 Å². The van der Waals surface area contributed by atoms with Crippen LogP contribution in [0.25, 0.3) is 0 Å². The van der Waals surface area contributed by atoms with E-state index in [1.807, 2.05) is 12.4 Å². The molecule has 0 spiro atoms. The fraction of sp³-hybridized carbons (Fsp3) is 0.667. The monoisotopic (exact) mass is 247 g/mol. The van der Waals surface area contributed by atoms with Crippen molar-refractivity contribution in [2.45, 2.75) is 46.3 Å². The molecular formula is C15H25N3. The molecule has 0 aliphatic carbocycles. The number of pyridine rings is 1. The fourth-order valence-corrected chi connectivity index (χ4v) is 2.44. The normalized spacial score (nSPS) is 26.2. The predicted octanol–water partition coefficient (Wildman–Crippen LogP) is 2.29. The van der Waals surface area contributed by atoms with E-state index >= 15 is 0 Å². The lowest BCUT2D eigenvalue weighted by atomic mass is 9.84. The molecule has 3 nitrogen and oxygen atoms in total. The highest BCUT2D eigenvalue weighted by molar-refractivity contribution is 5.10. The highest BCUT2D eigenvalue weighted by Crippen LogP contribution is 2.24. The van der Waals surface area contributed by atoms with Crippen LogP contribution in [0.3, 0.4) is 0 Å². The van der Waals surface area contributed by atoms with Crippen LogP contribution >= 0.6 is 0 Å². The fourth-order valence-electron chi connectivity index (χ4n) is 2.44. The van der Waals surface area contributed by atoms with E-state index in [0.29, 0.717) is 17.5 Å². The van der Waals surface area contributed by atoms with Crippen molar-refractivity contribution in [1.29, 1.82) is 0 Å². The molecular weight excluding hydrogens is 222 g/mol. The summed E-state index contributed by atoms with van der Waals surface area (Å²) in [5.74, 6) is 0. The number of aromatic nitrogens is 1. The van der Waals surface area contributed by atoms with Gasteiger partial charge in [-0.25, -0.2) is 0 Å². The van der Waals surface area contributed by atoms with E-state index in [9.17, 15) is 0 Å². The summed E-state index contributed by atoms with van der Waals surface area (Å²) in [6, 6.07) is 5.38. The lowest BCUT2D eigenvalue weighted by molar-refractivity contribution is 0.0877. The van der Waals surface area contributed by atoms with Gasteiger partial charge in [-0.15, -0.1) is 0 Å². The molecule has 2 rings (SSSR count). The lowest BCUT2D eigenvalue weighted by Gasteiger charge is -2.44. The van der Waals surface area contributed by atoms with Crippen LogP contribution in [0.4, 0.5) is 0 Å². The molecule has 1 aliphatic heterocycles. The summed E-state index contributed by atoms with van der Waals surface area (Å²) in [5.41, 5.74) is 1.67. The molecule has 2 heterocycles. The number of rotatable bonds is 2. The van der Waals surface area contributed by atoms with Crippen molar-refractivity contribution in [1.82, 2.24) is 15.2 Å². The van der Waals surface area contributed by atoms with E-state index in [2.05, 4.69) is 55.0 Å². The maximum Gasteiger partial charge on any atom is 0.0271 e. The van der Waals surface area contributed by atoms with Gasteiger partial charge in [0, 0.05) is 44.1 Å². The van der Waals surface area contributed by atoms with Gasteiger partial charge in [-0.3, -0.25) is 9.88 Å². The quantitative estimate of drug-likeness (QED) is 0.869. The predicted molar refractivity (Wildman–Crippen MR) is 75.4 cm³/mol. The van der Waals surface area contributed by atoms with Gasteiger partial charge >= 0.3 is 0 Å². The number of hydrogen-bond donors (Lipinski definition) is 1. The summed E-state index contributed by atoms with van der Waals surface area (Å²) in [6.45, 7) is 12.5. The summed E-state index contributed by atoms with van der Waals surface area (Å²) in [5, 5.41) is 3.67. The molecule has 1 saturated heterocycles. The molecule has 0 radical (unpaired) electrons. The first-order chi connectivity index (χ1) is 8.47. The molecule has 18 heavy (non-hydrogen) atoms. The highest BCUT2D eigenvalue weighted by Gasteiger charge is 2.32. The molecule has 0 saturated carbocycles. The molecule has 1 aliphatic rings. The zero-order valence-electron chi connectivity index (χ0n) is 12.0. The first-order valence-electron chi connectivity index (χ1n) is 6.83. The van der Waals surface area contributed by atoms with Crippen molar-refractivity contribution in [2.24, 2.45) is 5.41 Å². The van der Waals surface area contributed by atoms with Crippen LogP contribution in [0.2, 0.25) is 0 Å². The molecule has 1 fully saturated rings. The largest absolute Gasteiger partial charge is 0.311 e. The minimum absolute atomic E-state index is 0.316. The van der Waals surface area contributed by atoms with Crippen molar-refractivity contribution >= 4 is 0 Å². The Bertz CT molecular complexity index is 369. The average Bonchev–Trinajstić information content (AvgIpc) is 2.32.